The number of hydrogen-bond acceptors (Lipinski definition) is 5. The van der Waals surface area contributed by atoms with Crippen molar-refractivity contribution in [3.05, 3.63) is 72.3 Å². The van der Waals surface area contributed by atoms with Crippen LogP contribution in [0.25, 0.3) is 0 Å². The van der Waals surface area contributed by atoms with Crippen LogP contribution in [0.15, 0.2) is 71.6 Å². The summed E-state index contributed by atoms with van der Waals surface area (Å²) in [6.07, 6.45) is 2.08. The Morgan fingerprint density at radius 3 is 2.21 bits per heavy atom. The Labute approximate surface area is 206 Å². The maximum atomic E-state index is 13.5. The van der Waals surface area contributed by atoms with Crippen LogP contribution in [0.2, 0.25) is 0 Å². The molecule has 0 aliphatic carbocycles. The van der Waals surface area contributed by atoms with E-state index >= 15 is 0 Å². The van der Waals surface area contributed by atoms with Crippen molar-refractivity contribution in [2.75, 3.05) is 40.5 Å². The van der Waals surface area contributed by atoms with Crippen LogP contribution in [0.4, 0.5) is 22.7 Å². The van der Waals surface area contributed by atoms with Gasteiger partial charge in [0.1, 0.15) is 10.6 Å². The summed E-state index contributed by atoms with van der Waals surface area (Å²) >= 11 is 5.46. The lowest BCUT2D eigenvalue weighted by molar-refractivity contribution is 0.415. The SMILES string of the molecule is COc1ccc(NS(=O)(=O)c2cc(NC(=S)Nc3cccc(C)c3)ccc2N2CCCC2)cc1. The van der Waals surface area contributed by atoms with Gasteiger partial charge in [-0.15, -0.1) is 0 Å². The fraction of sp³-hybridized carbons (Fsp3) is 0.240. The lowest BCUT2D eigenvalue weighted by atomic mass is 10.2. The van der Waals surface area contributed by atoms with E-state index in [9.17, 15) is 8.42 Å². The van der Waals surface area contributed by atoms with Crippen molar-refractivity contribution >= 4 is 50.1 Å². The van der Waals surface area contributed by atoms with Crippen LogP contribution in [-0.4, -0.2) is 33.7 Å². The Bertz CT molecular complexity index is 1270. The largest absolute Gasteiger partial charge is 0.497 e. The number of hydrogen-bond donors (Lipinski definition) is 3. The smallest absolute Gasteiger partial charge is 0.264 e. The molecule has 0 saturated carbocycles. The first-order chi connectivity index (χ1) is 16.3. The molecule has 0 radical (unpaired) electrons. The fourth-order valence-electron chi connectivity index (χ4n) is 3.91. The van der Waals surface area contributed by atoms with Crippen LogP contribution < -0.4 is 25.0 Å². The van der Waals surface area contributed by atoms with Gasteiger partial charge in [0, 0.05) is 30.2 Å². The van der Waals surface area contributed by atoms with Crippen LogP contribution in [0.5, 0.6) is 5.75 Å². The topological polar surface area (TPSA) is 82.7 Å². The van der Waals surface area contributed by atoms with Crippen LogP contribution in [0, 0.1) is 6.92 Å². The van der Waals surface area contributed by atoms with Crippen molar-refractivity contribution < 1.29 is 13.2 Å². The lowest BCUT2D eigenvalue weighted by Crippen LogP contribution is -2.24. The second-order valence-corrected chi connectivity index (χ2v) is 10.2. The molecule has 34 heavy (non-hydrogen) atoms. The molecule has 0 atom stereocenters. The number of aryl methyl sites for hydroxylation is 1. The molecule has 1 aliphatic heterocycles. The first kappa shape index (κ1) is 23.8. The van der Waals surface area contributed by atoms with Gasteiger partial charge < -0.3 is 20.3 Å². The van der Waals surface area contributed by atoms with Crippen LogP contribution in [0.1, 0.15) is 18.4 Å². The Kier molecular flexibility index (Phi) is 7.23. The summed E-state index contributed by atoms with van der Waals surface area (Å²) in [5.41, 5.74) is 3.70. The van der Waals surface area contributed by atoms with Gasteiger partial charge in [-0.05, 0) is 92.1 Å². The van der Waals surface area contributed by atoms with Gasteiger partial charge in [0.25, 0.3) is 10.0 Å². The van der Waals surface area contributed by atoms with Crippen molar-refractivity contribution in [2.45, 2.75) is 24.7 Å². The zero-order chi connectivity index (χ0) is 24.1. The monoisotopic (exact) mass is 496 g/mol. The Morgan fingerprint density at radius 1 is 0.912 bits per heavy atom. The third-order valence-electron chi connectivity index (χ3n) is 5.57. The molecule has 4 rings (SSSR count). The molecular weight excluding hydrogens is 468 g/mol. The van der Waals surface area contributed by atoms with E-state index in [0.29, 0.717) is 27.9 Å². The van der Waals surface area contributed by atoms with Crippen molar-refractivity contribution in [1.82, 2.24) is 0 Å². The highest BCUT2D eigenvalue weighted by molar-refractivity contribution is 7.93. The van der Waals surface area contributed by atoms with E-state index in [1.807, 2.05) is 43.3 Å². The number of rotatable bonds is 7. The highest BCUT2D eigenvalue weighted by Crippen LogP contribution is 2.32. The number of methoxy groups -OCH3 is 1. The molecule has 0 unspecified atom stereocenters. The average molecular weight is 497 g/mol. The summed E-state index contributed by atoms with van der Waals surface area (Å²) in [6.45, 7) is 3.65. The fourth-order valence-corrected chi connectivity index (χ4v) is 5.46. The van der Waals surface area contributed by atoms with E-state index in [-0.39, 0.29) is 4.90 Å². The van der Waals surface area contributed by atoms with Gasteiger partial charge >= 0.3 is 0 Å². The van der Waals surface area contributed by atoms with E-state index in [1.54, 1.807) is 37.4 Å². The van der Waals surface area contributed by atoms with E-state index in [0.717, 1.165) is 37.2 Å². The molecule has 178 valence electrons. The quantitative estimate of drug-likeness (QED) is 0.387. The Hall–Kier alpha value is -3.30. The maximum Gasteiger partial charge on any atom is 0.264 e. The van der Waals surface area contributed by atoms with Crippen molar-refractivity contribution in [1.29, 1.82) is 0 Å². The third kappa shape index (κ3) is 5.78. The number of nitrogens with one attached hydrogen (secondary N) is 3. The molecule has 0 aromatic heterocycles. The molecule has 9 heteroatoms. The molecule has 1 saturated heterocycles. The second kappa shape index (κ2) is 10.3. The number of anilines is 4. The standard InChI is InChI=1S/C25H28N4O3S2/c1-18-6-5-7-20(16-18)26-25(33)27-21-10-13-23(29-14-3-4-15-29)24(17-21)34(30,31)28-19-8-11-22(32-2)12-9-19/h5-13,16-17,28H,3-4,14-15H2,1-2H3,(H2,26,27,33). The number of ether oxygens (including phenoxy) is 1. The molecule has 0 spiro atoms. The number of thiocarbonyl (C=S) groups is 1. The van der Waals surface area contributed by atoms with Crippen LogP contribution in [0.3, 0.4) is 0 Å². The number of benzene rings is 3. The number of nitrogens with zero attached hydrogens (tertiary/aromatic N) is 1. The predicted molar refractivity (Wildman–Crippen MR) is 143 cm³/mol. The zero-order valence-corrected chi connectivity index (χ0v) is 20.8. The summed E-state index contributed by atoms with van der Waals surface area (Å²) < 4.78 is 34.8. The molecule has 0 amide bonds. The van der Waals surface area contributed by atoms with E-state index in [4.69, 9.17) is 17.0 Å². The Balaban J connectivity index is 1.60. The normalized spacial score (nSPS) is 13.4. The summed E-state index contributed by atoms with van der Waals surface area (Å²) in [5.74, 6) is 0.654. The maximum absolute atomic E-state index is 13.5. The highest BCUT2D eigenvalue weighted by Gasteiger charge is 2.25. The molecule has 1 heterocycles. The second-order valence-electron chi connectivity index (χ2n) is 8.16. The minimum Gasteiger partial charge on any atom is -0.497 e. The summed E-state index contributed by atoms with van der Waals surface area (Å²) in [5, 5.41) is 6.64. The summed E-state index contributed by atoms with van der Waals surface area (Å²) in [4.78, 5) is 2.31. The molecule has 3 aromatic rings. The molecule has 3 N–H and O–H groups in total. The van der Waals surface area contributed by atoms with Crippen molar-refractivity contribution in [3.63, 3.8) is 0 Å². The molecular formula is C25H28N4O3S2. The molecule has 3 aromatic carbocycles. The first-order valence-electron chi connectivity index (χ1n) is 11.0. The molecule has 0 bridgehead atoms. The van der Waals surface area contributed by atoms with Crippen molar-refractivity contribution in [3.8, 4) is 5.75 Å². The predicted octanol–water partition coefficient (Wildman–Crippen LogP) is 5.21. The zero-order valence-electron chi connectivity index (χ0n) is 19.2. The summed E-state index contributed by atoms with van der Waals surface area (Å²) in [7, 11) is -2.29. The van der Waals surface area contributed by atoms with Gasteiger partial charge in [-0.2, -0.15) is 0 Å². The highest BCUT2D eigenvalue weighted by atomic mass is 32.2. The molecule has 1 aliphatic rings. The third-order valence-corrected chi connectivity index (χ3v) is 7.19. The van der Waals surface area contributed by atoms with Gasteiger partial charge in [0.15, 0.2) is 5.11 Å². The van der Waals surface area contributed by atoms with Crippen molar-refractivity contribution in [2.24, 2.45) is 0 Å². The van der Waals surface area contributed by atoms with Gasteiger partial charge in [-0.1, -0.05) is 12.1 Å². The van der Waals surface area contributed by atoms with E-state index < -0.39 is 10.0 Å². The minimum absolute atomic E-state index is 0.202. The molecule has 7 nitrogen and oxygen atoms in total. The minimum atomic E-state index is -3.86. The van der Waals surface area contributed by atoms with Gasteiger partial charge in [-0.25, -0.2) is 8.42 Å². The lowest BCUT2D eigenvalue weighted by Gasteiger charge is -2.23. The first-order valence-corrected chi connectivity index (χ1v) is 12.9. The number of sulfonamides is 1. The van der Waals surface area contributed by atoms with Gasteiger partial charge in [0.05, 0.1) is 12.8 Å². The van der Waals surface area contributed by atoms with Crippen LogP contribution >= 0.6 is 12.2 Å². The molecule has 1 fully saturated rings. The summed E-state index contributed by atoms with van der Waals surface area (Å²) in [6, 6.07) is 20.0. The van der Waals surface area contributed by atoms with Crippen LogP contribution in [-0.2, 0) is 10.0 Å². The van der Waals surface area contributed by atoms with Gasteiger partial charge in [-0.3, -0.25) is 4.72 Å². The average Bonchev–Trinajstić information content (AvgIpc) is 3.34. The Morgan fingerprint density at radius 2 is 1.56 bits per heavy atom. The van der Waals surface area contributed by atoms with Gasteiger partial charge in [0.2, 0.25) is 0 Å². The van der Waals surface area contributed by atoms with E-state index in [1.165, 1.54) is 0 Å². The van der Waals surface area contributed by atoms with E-state index in [2.05, 4.69) is 20.3 Å².